The third-order valence-corrected chi connectivity index (χ3v) is 2.98. The highest BCUT2D eigenvalue weighted by atomic mass is 15.1. The fourth-order valence-electron chi connectivity index (χ4n) is 2.15. The van der Waals surface area contributed by atoms with Gasteiger partial charge in [0.05, 0.1) is 0 Å². The number of nitrogens with two attached hydrogens (primary N) is 1. The lowest BCUT2D eigenvalue weighted by atomic mass is 10.2. The zero-order valence-corrected chi connectivity index (χ0v) is 12.0. The lowest BCUT2D eigenvalue weighted by Gasteiger charge is -2.22. The second-order valence-electron chi connectivity index (χ2n) is 5.18. The van der Waals surface area contributed by atoms with E-state index in [0.29, 0.717) is 0 Å². The number of nitrogens with zero attached hydrogens (tertiary/aromatic N) is 2. The van der Waals surface area contributed by atoms with Gasteiger partial charge in [-0.25, -0.2) is 0 Å². The summed E-state index contributed by atoms with van der Waals surface area (Å²) in [5.41, 5.74) is 7.99. The topological polar surface area (TPSA) is 32.5 Å². The molecule has 0 heterocycles. The Morgan fingerprint density at radius 3 is 2.50 bits per heavy atom. The van der Waals surface area contributed by atoms with E-state index >= 15 is 0 Å². The number of hydrogen-bond acceptors (Lipinski definition) is 3. The Balaban J connectivity index is 2.46. The molecular weight excluding hydrogens is 222 g/mol. The van der Waals surface area contributed by atoms with Crippen LogP contribution in [0.25, 0.3) is 0 Å². The summed E-state index contributed by atoms with van der Waals surface area (Å²) < 4.78 is 0. The van der Waals surface area contributed by atoms with Crippen molar-refractivity contribution in [2.45, 2.75) is 26.3 Å². The average molecular weight is 249 g/mol. The van der Waals surface area contributed by atoms with Crippen molar-refractivity contribution in [3.8, 4) is 0 Å². The largest absolute Gasteiger partial charge is 0.399 e. The lowest BCUT2D eigenvalue weighted by Crippen LogP contribution is -2.27. The van der Waals surface area contributed by atoms with Gasteiger partial charge in [0.1, 0.15) is 0 Å². The quantitative estimate of drug-likeness (QED) is 0.718. The number of rotatable bonds is 8. The molecule has 3 heteroatoms. The van der Waals surface area contributed by atoms with Crippen molar-refractivity contribution < 1.29 is 0 Å². The van der Waals surface area contributed by atoms with E-state index in [1.54, 1.807) is 0 Å². The highest BCUT2D eigenvalue weighted by molar-refractivity contribution is 5.40. The zero-order valence-electron chi connectivity index (χ0n) is 12.0. The van der Waals surface area contributed by atoms with E-state index in [0.717, 1.165) is 31.9 Å². The monoisotopic (exact) mass is 249 g/mol. The first-order valence-electron chi connectivity index (χ1n) is 6.83. The molecule has 1 rings (SSSR count). The molecule has 0 amide bonds. The van der Waals surface area contributed by atoms with Crippen LogP contribution in [0, 0.1) is 0 Å². The van der Waals surface area contributed by atoms with Crippen molar-refractivity contribution in [2.24, 2.45) is 0 Å². The van der Waals surface area contributed by atoms with Crippen LogP contribution in [0.2, 0.25) is 0 Å². The average Bonchev–Trinajstić information content (AvgIpc) is 2.28. The molecule has 0 saturated carbocycles. The number of hydrogen-bond donors (Lipinski definition) is 1. The minimum Gasteiger partial charge on any atom is -0.399 e. The Morgan fingerprint density at radius 2 is 1.89 bits per heavy atom. The maximum Gasteiger partial charge on any atom is 0.0317 e. The highest BCUT2D eigenvalue weighted by Gasteiger charge is 2.05. The summed E-state index contributed by atoms with van der Waals surface area (Å²) in [6.07, 6.45) is 2.42. The van der Waals surface area contributed by atoms with Gasteiger partial charge in [0.2, 0.25) is 0 Å². The molecule has 0 aliphatic heterocycles. The van der Waals surface area contributed by atoms with Gasteiger partial charge in [0.15, 0.2) is 0 Å². The van der Waals surface area contributed by atoms with Crippen molar-refractivity contribution in [2.75, 3.05) is 39.5 Å². The van der Waals surface area contributed by atoms with Gasteiger partial charge in [-0.3, -0.25) is 4.90 Å². The molecule has 0 fully saturated rings. The van der Waals surface area contributed by atoms with Crippen LogP contribution in [0.4, 0.5) is 5.69 Å². The third kappa shape index (κ3) is 6.03. The summed E-state index contributed by atoms with van der Waals surface area (Å²) in [5.74, 6) is 0. The Morgan fingerprint density at radius 1 is 1.11 bits per heavy atom. The summed E-state index contributed by atoms with van der Waals surface area (Å²) >= 11 is 0. The zero-order chi connectivity index (χ0) is 13.4. The molecule has 3 nitrogen and oxygen atoms in total. The van der Waals surface area contributed by atoms with E-state index in [-0.39, 0.29) is 0 Å². The van der Waals surface area contributed by atoms with E-state index in [1.165, 1.54) is 18.4 Å². The molecular formula is C15H27N3. The van der Waals surface area contributed by atoms with Gasteiger partial charge < -0.3 is 10.6 Å². The maximum atomic E-state index is 5.82. The first-order chi connectivity index (χ1) is 8.61. The molecule has 0 bridgehead atoms. The second-order valence-corrected chi connectivity index (χ2v) is 5.18. The van der Waals surface area contributed by atoms with Crippen molar-refractivity contribution in [1.82, 2.24) is 9.80 Å². The minimum absolute atomic E-state index is 0.859. The Bertz CT molecular complexity index is 336. The smallest absolute Gasteiger partial charge is 0.0317 e. The van der Waals surface area contributed by atoms with Gasteiger partial charge in [-0.1, -0.05) is 19.1 Å². The van der Waals surface area contributed by atoms with Gasteiger partial charge in [0, 0.05) is 12.2 Å². The van der Waals surface area contributed by atoms with Crippen molar-refractivity contribution in [3.05, 3.63) is 29.8 Å². The molecule has 0 atom stereocenters. The van der Waals surface area contributed by atoms with Crippen LogP contribution < -0.4 is 5.73 Å². The van der Waals surface area contributed by atoms with Crippen molar-refractivity contribution in [3.63, 3.8) is 0 Å². The van der Waals surface area contributed by atoms with Crippen LogP contribution in [0.15, 0.2) is 24.3 Å². The molecule has 1 aromatic carbocycles. The van der Waals surface area contributed by atoms with Crippen molar-refractivity contribution >= 4 is 5.69 Å². The van der Waals surface area contributed by atoms with Crippen LogP contribution in [0.5, 0.6) is 0 Å². The van der Waals surface area contributed by atoms with Crippen LogP contribution in [-0.2, 0) is 6.54 Å². The van der Waals surface area contributed by atoms with E-state index < -0.39 is 0 Å². The Kier molecular flexibility index (Phi) is 6.76. The van der Waals surface area contributed by atoms with E-state index in [4.69, 9.17) is 5.73 Å². The van der Waals surface area contributed by atoms with Crippen molar-refractivity contribution in [1.29, 1.82) is 0 Å². The normalized spacial score (nSPS) is 11.4. The predicted octanol–water partition coefficient (Wildman–Crippen LogP) is 2.43. The fourth-order valence-corrected chi connectivity index (χ4v) is 2.15. The molecule has 0 spiro atoms. The molecule has 2 N–H and O–H groups in total. The van der Waals surface area contributed by atoms with Gasteiger partial charge in [-0.05, 0) is 64.3 Å². The predicted molar refractivity (Wildman–Crippen MR) is 79.6 cm³/mol. The molecule has 1 aromatic rings. The summed E-state index contributed by atoms with van der Waals surface area (Å²) in [6, 6.07) is 8.22. The van der Waals surface area contributed by atoms with Gasteiger partial charge >= 0.3 is 0 Å². The molecule has 0 aliphatic carbocycles. The molecule has 0 unspecified atom stereocenters. The molecule has 0 saturated heterocycles. The molecule has 0 aromatic heterocycles. The summed E-state index contributed by atoms with van der Waals surface area (Å²) in [7, 11) is 4.25. The van der Waals surface area contributed by atoms with E-state index in [9.17, 15) is 0 Å². The first kappa shape index (κ1) is 15.0. The highest BCUT2D eigenvalue weighted by Crippen LogP contribution is 2.10. The Hall–Kier alpha value is -1.06. The summed E-state index contributed by atoms with van der Waals surface area (Å²) in [4.78, 5) is 4.75. The Labute approximate surface area is 112 Å². The molecule has 102 valence electrons. The number of benzene rings is 1. The standard InChI is InChI=1S/C15H27N3/c1-4-9-18(11-6-10-17(2)3)13-14-7-5-8-15(16)12-14/h5,7-8,12H,4,6,9-11,13,16H2,1-3H3. The van der Waals surface area contributed by atoms with Gasteiger partial charge in [0.25, 0.3) is 0 Å². The number of anilines is 1. The minimum atomic E-state index is 0.859. The number of nitrogen functional groups attached to an aromatic ring is 1. The summed E-state index contributed by atoms with van der Waals surface area (Å²) in [6.45, 7) is 6.70. The fraction of sp³-hybridized carbons (Fsp3) is 0.600. The van der Waals surface area contributed by atoms with Gasteiger partial charge in [-0.15, -0.1) is 0 Å². The lowest BCUT2D eigenvalue weighted by molar-refractivity contribution is 0.248. The molecule has 0 radical (unpaired) electrons. The van der Waals surface area contributed by atoms with E-state index in [2.05, 4.69) is 43.0 Å². The molecule has 0 aliphatic rings. The second kappa shape index (κ2) is 8.11. The first-order valence-corrected chi connectivity index (χ1v) is 6.83. The van der Waals surface area contributed by atoms with Gasteiger partial charge in [-0.2, -0.15) is 0 Å². The maximum absolute atomic E-state index is 5.82. The van der Waals surface area contributed by atoms with Crippen LogP contribution >= 0.6 is 0 Å². The SMILES string of the molecule is CCCN(CCCN(C)C)Cc1cccc(N)c1. The van der Waals surface area contributed by atoms with E-state index in [1.807, 2.05) is 12.1 Å². The van der Waals surface area contributed by atoms with Crippen LogP contribution in [0.3, 0.4) is 0 Å². The van der Waals surface area contributed by atoms with Crippen LogP contribution in [0.1, 0.15) is 25.3 Å². The van der Waals surface area contributed by atoms with Crippen LogP contribution in [-0.4, -0.2) is 43.5 Å². The summed E-state index contributed by atoms with van der Waals surface area (Å²) in [5, 5.41) is 0. The third-order valence-electron chi connectivity index (χ3n) is 2.98. The molecule has 18 heavy (non-hydrogen) atoms.